The number of carbonyl (C=O) groups is 1. The van der Waals surface area contributed by atoms with E-state index in [9.17, 15) is 9.90 Å². The highest BCUT2D eigenvalue weighted by Gasteiger charge is 2.44. The van der Waals surface area contributed by atoms with E-state index in [4.69, 9.17) is 0 Å². The van der Waals surface area contributed by atoms with Crippen LogP contribution < -0.4 is 0 Å². The molecule has 0 bridgehead atoms. The van der Waals surface area contributed by atoms with Gasteiger partial charge in [0.15, 0.2) is 5.72 Å². The van der Waals surface area contributed by atoms with Gasteiger partial charge in [0.05, 0.1) is 5.71 Å². The number of hydrogen-bond acceptors (Lipinski definition) is 3. The van der Waals surface area contributed by atoms with E-state index in [1.165, 1.54) is 11.9 Å². The molecule has 1 atom stereocenters. The van der Waals surface area contributed by atoms with Gasteiger partial charge in [-0.25, -0.2) is 0 Å². The number of aliphatic hydroxyl groups is 1. The van der Waals surface area contributed by atoms with E-state index in [2.05, 4.69) is 5.10 Å². The Morgan fingerprint density at radius 2 is 1.67 bits per heavy atom. The molecule has 0 spiro atoms. The van der Waals surface area contributed by atoms with Crippen LogP contribution in [0, 0.1) is 0 Å². The monoisotopic (exact) mass is 280 g/mol. The van der Waals surface area contributed by atoms with Crippen LogP contribution in [0.2, 0.25) is 0 Å². The van der Waals surface area contributed by atoms with Crippen molar-refractivity contribution in [2.75, 3.05) is 0 Å². The normalized spacial score (nSPS) is 21.2. The van der Waals surface area contributed by atoms with Crippen LogP contribution in [0.15, 0.2) is 65.8 Å². The van der Waals surface area contributed by atoms with Crippen LogP contribution in [0.3, 0.4) is 0 Å². The molecule has 1 amide bonds. The first kappa shape index (κ1) is 13.5. The summed E-state index contributed by atoms with van der Waals surface area (Å²) >= 11 is 0. The molecule has 0 aromatic heterocycles. The molecule has 106 valence electrons. The molecule has 1 aliphatic heterocycles. The van der Waals surface area contributed by atoms with Gasteiger partial charge in [-0.15, -0.1) is 0 Å². The van der Waals surface area contributed by atoms with Crippen molar-refractivity contribution in [1.29, 1.82) is 0 Å². The van der Waals surface area contributed by atoms with Gasteiger partial charge < -0.3 is 5.11 Å². The summed E-state index contributed by atoms with van der Waals surface area (Å²) in [6.45, 7) is 1.41. The van der Waals surface area contributed by atoms with Crippen molar-refractivity contribution in [3.8, 4) is 0 Å². The maximum atomic E-state index is 11.9. The lowest BCUT2D eigenvalue weighted by Gasteiger charge is -2.30. The van der Waals surface area contributed by atoms with E-state index in [1.54, 1.807) is 12.1 Å². The molecule has 0 radical (unpaired) electrons. The second kappa shape index (κ2) is 5.14. The average Bonchev–Trinajstić information content (AvgIpc) is 2.89. The first-order valence-corrected chi connectivity index (χ1v) is 6.83. The molecule has 0 saturated carbocycles. The lowest BCUT2D eigenvalue weighted by Crippen LogP contribution is -2.42. The summed E-state index contributed by atoms with van der Waals surface area (Å²) in [6, 6.07) is 18.8. The van der Waals surface area contributed by atoms with Gasteiger partial charge in [0.25, 0.3) is 0 Å². The maximum Gasteiger partial charge on any atom is 0.242 e. The fourth-order valence-corrected chi connectivity index (χ4v) is 2.60. The third kappa shape index (κ3) is 2.34. The van der Waals surface area contributed by atoms with Gasteiger partial charge in [-0.2, -0.15) is 10.1 Å². The fourth-order valence-electron chi connectivity index (χ4n) is 2.60. The molecule has 3 rings (SSSR count). The molecule has 2 aromatic rings. The summed E-state index contributed by atoms with van der Waals surface area (Å²) < 4.78 is 0. The number of rotatable bonds is 2. The number of hydrazone groups is 1. The molecule has 0 saturated heterocycles. The Morgan fingerprint density at radius 1 is 1.10 bits per heavy atom. The molecule has 0 fully saturated rings. The number of nitrogens with zero attached hydrogens (tertiary/aromatic N) is 2. The average molecular weight is 280 g/mol. The standard InChI is InChI=1S/C17H16N2O2/c1-13(20)19-17(21,15-10-6-3-7-11-15)12-16(18-19)14-8-4-2-5-9-14/h2-11,21H,12H2,1H3. The SMILES string of the molecule is CC(=O)N1N=C(c2ccccc2)CC1(O)c1ccccc1. The first-order valence-electron chi connectivity index (χ1n) is 6.83. The van der Waals surface area contributed by atoms with Crippen molar-refractivity contribution < 1.29 is 9.90 Å². The van der Waals surface area contributed by atoms with Gasteiger partial charge in [-0.3, -0.25) is 4.79 Å². The zero-order valence-electron chi connectivity index (χ0n) is 11.7. The van der Waals surface area contributed by atoms with Gasteiger partial charge in [0.2, 0.25) is 5.91 Å². The highest BCUT2D eigenvalue weighted by molar-refractivity contribution is 6.03. The van der Waals surface area contributed by atoms with Crippen molar-refractivity contribution in [2.45, 2.75) is 19.1 Å². The van der Waals surface area contributed by atoms with Crippen LogP contribution in [0.4, 0.5) is 0 Å². The molecule has 1 aliphatic rings. The Labute approximate surface area is 123 Å². The zero-order chi connectivity index (χ0) is 14.9. The third-order valence-corrected chi connectivity index (χ3v) is 3.63. The summed E-state index contributed by atoms with van der Waals surface area (Å²) in [5.41, 5.74) is 0.862. The summed E-state index contributed by atoms with van der Waals surface area (Å²) in [5.74, 6) is -0.285. The van der Waals surface area contributed by atoms with Crippen molar-refractivity contribution in [1.82, 2.24) is 5.01 Å². The van der Waals surface area contributed by atoms with Crippen LogP contribution in [-0.2, 0) is 10.5 Å². The van der Waals surface area contributed by atoms with Gasteiger partial charge in [-0.1, -0.05) is 60.7 Å². The van der Waals surface area contributed by atoms with Gasteiger partial charge in [0.1, 0.15) is 0 Å². The fraction of sp³-hybridized carbons (Fsp3) is 0.176. The van der Waals surface area contributed by atoms with Crippen LogP contribution >= 0.6 is 0 Å². The number of hydrogen-bond donors (Lipinski definition) is 1. The van der Waals surface area contributed by atoms with Gasteiger partial charge in [0, 0.05) is 18.9 Å². The molecule has 1 heterocycles. The lowest BCUT2D eigenvalue weighted by atomic mass is 9.95. The second-order valence-electron chi connectivity index (χ2n) is 5.10. The molecule has 4 heteroatoms. The molecular formula is C17H16N2O2. The van der Waals surface area contributed by atoms with Crippen LogP contribution in [0.25, 0.3) is 0 Å². The predicted octanol–water partition coefficient (Wildman–Crippen LogP) is 2.49. The predicted molar refractivity (Wildman–Crippen MR) is 80.5 cm³/mol. The van der Waals surface area contributed by atoms with E-state index >= 15 is 0 Å². The summed E-state index contributed by atoms with van der Waals surface area (Å²) in [5, 5.41) is 16.5. The smallest absolute Gasteiger partial charge is 0.242 e. The Kier molecular flexibility index (Phi) is 3.31. The molecule has 1 unspecified atom stereocenters. The van der Waals surface area contributed by atoms with E-state index in [0.717, 1.165) is 5.56 Å². The van der Waals surface area contributed by atoms with Crippen molar-refractivity contribution in [3.05, 3.63) is 71.8 Å². The van der Waals surface area contributed by atoms with Crippen LogP contribution in [0.1, 0.15) is 24.5 Å². The minimum atomic E-state index is -1.42. The molecule has 1 N–H and O–H groups in total. The van der Waals surface area contributed by atoms with Crippen LogP contribution in [-0.4, -0.2) is 21.7 Å². The molecule has 2 aromatic carbocycles. The highest BCUT2D eigenvalue weighted by atomic mass is 16.3. The Morgan fingerprint density at radius 3 is 2.24 bits per heavy atom. The zero-order valence-corrected chi connectivity index (χ0v) is 11.7. The minimum absolute atomic E-state index is 0.278. The van der Waals surface area contributed by atoms with Crippen molar-refractivity contribution in [3.63, 3.8) is 0 Å². The lowest BCUT2D eigenvalue weighted by molar-refractivity contribution is -0.155. The molecule has 21 heavy (non-hydrogen) atoms. The van der Waals surface area contributed by atoms with E-state index < -0.39 is 5.72 Å². The number of benzene rings is 2. The maximum absolute atomic E-state index is 11.9. The minimum Gasteiger partial charge on any atom is -0.365 e. The molecule has 4 nitrogen and oxygen atoms in total. The van der Waals surface area contributed by atoms with Crippen molar-refractivity contribution in [2.24, 2.45) is 5.10 Å². The van der Waals surface area contributed by atoms with E-state index in [0.29, 0.717) is 11.3 Å². The Bertz CT molecular complexity index is 682. The largest absolute Gasteiger partial charge is 0.365 e. The summed E-state index contributed by atoms with van der Waals surface area (Å²) in [4.78, 5) is 11.9. The second-order valence-corrected chi connectivity index (χ2v) is 5.10. The quantitative estimate of drug-likeness (QED) is 0.919. The molecular weight excluding hydrogens is 264 g/mol. The molecule has 0 aliphatic carbocycles. The van der Waals surface area contributed by atoms with Crippen molar-refractivity contribution >= 4 is 11.6 Å². The van der Waals surface area contributed by atoms with Gasteiger partial charge >= 0.3 is 0 Å². The number of carbonyl (C=O) groups excluding carboxylic acids is 1. The highest BCUT2D eigenvalue weighted by Crippen LogP contribution is 2.36. The van der Waals surface area contributed by atoms with Gasteiger partial charge in [-0.05, 0) is 5.56 Å². The summed E-state index contributed by atoms with van der Waals surface area (Å²) in [7, 11) is 0. The van der Waals surface area contributed by atoms with E-state index in [1.807, 2.05) is 48.5 Å². The van der Waals surface area contributed by atoms with Crippen LogP contribution in [0.5, 0.6) is 0 Å². The Hall–Kier alpha value is -2.46. The third-order valence-electron chi connectivity index (χ3n) is 3.63. The first-order chi connectivity index (χ1) is 10.1. The number of amides is 1. The topological polar surface area (TPSA) is 52.9 Å². The van der Waals surface area contributed by atoms with E-state index in [-0.39, 0.29) is 12.3 Å². The Balaban J connectivity index is 2.03. The summed E-state index contributed by atoms with van der Waals surface area (Å²) in [6.07, 6.45) is 0.278.